The minimum atomic E-state index is -0.559. The zero-order chi connectivity index (χ0) is 18.8. The first-order valence-corrected chi connectivity index (χ1v) is 7.64. The summed E-state index contributed by atoms with van der Waals surface area (Å²) in [6.45, 7) is 0. The number of ether oxygens (including phenoxy) is 1. The molecule has 0 atom stereocenters. The summed E-state index contributed by atoms with van der Waals surface area (Å²) in [4.78, 5) is 35.4. The van der Waals surface area contributed by atoms with Gasteiger partial charge in [0.15, 0.2) is 0 Å². The van der Waals surface area contributed by atoms with Crippen LogP contribution in [0.3, 0.4) is 0 Å². The number of pyridine rings is 1. The Morgan fingerprint density at radius 3 is 2.54 bits per heavy atom. The highest BCUT2D eigenvalue weighted by Crippen LogP contribution is 2.29. The van der Waals surface area contributed by atoms with Crippen LogP contribution in [0.5, 0.6) is 5.75 Å². The van der Waals surface area contributed by atoms with Crippen LogP contribution >= 0.6 is 0 Å². The number of benzene rings is 2. The molecule has 1 aromatic heterocycles. The predicted octanol–water partition coefficient (Wildman–Crippen LogP) is 2.71. The van der Waals surface area contributed by atoms with E-state index in [0.717, 1.165) is 0 Å². The van der Waals surface area contributed by atoms with Crippen LogP contribution < -0.4 is 15.6 Å². The number of hydrogen-bond donors (Lipinski definition) is 1. The second-order valence-electron chi connectivity index (χ2n) is 5.60. The van der Waals surface area contributed by atoms with Gasteiger partial charge in [0, 0.05) is 36.1 Å². The third kappa shape index (κ3) is 3.00. The zero-order valence-electron chi connectivity index (χ0n) is 14.1. The number of nitrogens with one attached hydrogen (secondary N) is 1. The van der Waals surface area contributed by atoms with E-state index in [1.165, 1.54) is 36.1 Å². The van der Waals surface area contributed by atoms with Crippen LogP contribution in [0.15, 0.2) is 53.5 Å². The summed E-state index contributed by atoms with van der Waals surface area (Å²) in [6.07, 6.45) is 1.43. The van der Waals surface area contributed by atoms with Gasteiger partial charge in [-0.05, 0) is 12.1 Å². The van der Waals surface area contributed by atoms with E-state index in [0.29, 0.717) is 10.8 Å². The smallest absolute Gasteiger partial charge is 0.271 e. The molecule has 1 heterocycles. The molecule has 26 heavy (non-hydrogen) atoms. The number of nitro groups is 1. The van der Waals surface area contributed by atoms with Crippen molar-refractivity contribution >= 4 is 28.1 Å². The van der Waals surface area contributed by atoms with Crippen LogP contribution in [0, 0.1) is 10.1 Å². The summed E-state index contributed by atoms with van der Waals surface area (Å²) in [6, 6.07) is 10.7. The van der Waals surface area contributed by atoms with Crippen molar-refractivity contribution in [1.82, 2.24) is 4.57 Å². The molecule has 1 N–H and O–H groups in total. The number of methoxy groups -OCH3 is 1. The van der Waals surface area contributed by atoms with Gasteiger partial charge in [-0.25, -0.2) is 0 Å². The first-order chi connectivity index (χ1) is 12.4. The second-order valence-corrected chi connectivity index (χ2v) is 5.60. The third-order valence-electron chi connectivity index (χ3n) is 3.98. The van der Waals surface area contributed by atoms with Gasteiger partial charge in [-0.3, -0.25) is 19.7 Å². The quantitative estimate of drug-likeness (QED) is 0.574. The summed E-state index contributed by atoms with van der Waals surface area (Å²) in [5, 5.41) is 14.5. The predicted molar refractivity (Wildman–Crippen MR) is 96.8 cm³/mol. The fourth-order valence-corrected chi connectivity index (χ4v) is 2.69. The van der Waals surface area contributed by atoms with Crippen molar-refractivity contribution in [2.75, 3.05) is 12.4 Å². The minimum Gasteiger partial charge on any atom is -0.495 e. The van der Waals surface area contributed by atoms with Crippen molar-refractivity contribution in [3.05, 3.63) is 74.7 Å². The second kappa shape index (κ2) is 6.67. The van der Waals surface area contributed by atoms with Crippen LogP contribution in [-0.4, -0.2) is 22.5 Å². The van der Waals surface area contributed by atoms with Gasteiger partial charge >= 0.3 is 0 Å². The fraction of sp³-hybridized carbons (Fsp3) is 0.111. The molecule has 0 aliphatic carbocycles. The maximum Gasteiger partial charge on any atom is 0.271 e. The number of carbonyl (C=O) groups excluding carboxylic acids is 1. The Hall–Kier alpha value is -3.68. The Morgan fingerprint density at radius 2 is 1.88 bits per heavy atom. The third-order valence-corrected chi connectivity index (χ3v) is 3.98. The Morgan fingerprint density at radius 1 is 1.19 bits per heavy atom. The van der Waals surface area contributed by atoms with Gasteiger partial charge < -0.3 is 14.6 Å². The highest BCUT2D eigenvalue weighted by atomic mass is 16.6. The maximum absolute atomic E-state index is 12.8. The molecular weight excluding hydrogens is 338 g/mol. The Bertz CT molecular complexity index is 1090. The standard InChI is InChI=1S/C18H15N3O5/c1-20-10-14(12-5-3-4-6-13(12)18(20)23)17(22)19-15-9-11(21(24)25)7-8-16(15)26-2/h3-10H,1-2H3,(H,19,22). The highest BCUT2D eigenvalue weighted by molar-refractivity contribution is 6.13. The van der Waals surface area contributed by atoms with Crippen molar-refractivity contribution in [2.24, 2.45) is 7.05 Å². The molecule has 8 nitrogen and oxygen atoms in total. The number of aromatic nitrogens is 1. The molecule has 132 valence electrons. The van der Waals surface area contributed by atoms with Crippen molar-refractivity contribution in [3.63, 3.8) is 0 Å². The van der Waals surface area contributed by atoms with Gasteiger partial charge in [-0.15, -0.1) is 0 Å². The molecule has 0 aliphatic heterocycles. The average Bonchev–Trinajstić information content (AvgIpc) is 2.64. The lowest BCUT2D eigenvalue weighted by atomic mass is 10.1. The molecular formula is C18H15N3O5. The van der Waals surface area contributed by atoms with E-state index < -0.39 is 10.8 Å². The number of amides is 1. The van der Waals surface area contributed by atoms with Crippen LogP contribution in [0.1, 0.15) is 10.4 Å². The number of nitrogens with zero attached hydrogens (tertiary/aromatic N) is 2. The van der Waals surface area contributed by atoms with Crippen molar-refractivity contribution < 1.29 is 14.5 Å². The lowest BCUT2D eigenvalue weighted by molar-refractivity contribution is -0.384. The topological polar surface area (TPSA) is 103 Å². The van der Waals surface area contributed by atoms with Gasteiger partial charge in [0.2, 0.25) is 0 Å². The molecule has 0 unspecified atom stereocenters. The highest BCUT2D eigenvalue weighted by Gasteiger charge is 2.17. The summed E-state index contributed by atoms with van der Waals surface area (Å²) in [5.74, 6) is -0.214. The molecule has 1 amide bonds. The molecule has 3 aromatic rings. The molecule has 8 heteroatoms. The normalized spacial score (nSPS) is 10.5. The summed E-state index contributed by atoms with van der Waals surface area (Å²) in [5.41, 5.74) is 0.0531. The monoisotopic (exact) mass is 353 g/mol. The number of non-ortho nitro benzene ring substituents is 1. The van der Waals surface area contributed by atoms with Crippen molar-refractivity contribution in [3.8, 4) is 5.75 Å². The lowest BCUT2D eigenvalue weighted by Crippen LogP contribution is -2.21. The van der Waals surface area contributed by atoms with Gasteiger partial charge in [0.05, 0.1) is 23.3 Å². The Kier molecular flexibility index (Phi) is 4.40. The van der Waals surface area contributed by atoms with E-state index in [-0.39, 0.29) is 28.2 Å². The van der Waals surface area contributed by atoms with Crippen molar-refractivity contribution in [2.45, 2.75) is 0 Å². The number of hydrogen-bond acceptors (Lipinski definition) is 5. The summed E-state index contributed by atoms with van der Waals surface area (Å²) in [7, 11) is 2.96. The van der Waals surface area contributed by atoms with E-state index >= 15 is 0 Å². The first kappa shape index (κ1) is 17.2. The number of nitro benzene ring substituents is 1. The van der Waals surface area contributed by atoms with Crippen molar-refractivity contribution in [1.29, 1.82) is 0 Å². The number of rotatable bonds is 4. The number of fused-ring (bicyclic) bond motifs is 1. The Balaban J connectivity index is 2.08. The molecule has 0 saturated heterocycles. The van der Waals surface area contributed by atoms with Gasteiger partial charge in [-0.2, -0.15) is 0 Å². The summed E-state index contributed by atoms with van der Waals surface area (Å²) >= 11 is 0. The first-order valence-electron chi connectivity index (χ1n) is 7.64. The van der Waals surface area contributed by atoms with Crippen LogP contribution in [0.25, 0.3) is 10.8 Å². The number of anilines is 1. The Labute approximate surface area is 147 Å². The summed E-state index contributed by atoms with van der Waals surface area (Å²) < 4.78 is 6.48. The molecule has 0 saturated carbocycles. The van der Waals surface area contributed by atoms with E-state index in [1.807, 2.05) is 0 Å². The maximum atomic E-state index is 12.8. The van der Waals surface area contributed by atoms with Crippen LogP contribution in [0.4, 0.5) is 11.4 Å². The van der Waals surface area contributed by atoms with E-state index in [2.05, 4.69) is 5.32 Å². The van der Waals surface area contributed by atoms with E-state index in [1.54, 1.807) is 31.3 Å². The fourth-order valence-electron chi connectivity index (χ4n) is 2.69. The number of carbonyl (C=O) groups is 1. The van der Waals surface area contributed by atoms with Crippen LogP contribution in [0.2, 0.25) is 0 Å². The van der Waals surface area contributed by atoms with Crippen LogP contribution in [-0.2, 0) is 7.05 Å². The number of aryl methyl sites for hydroxylation is 1. The molecule has 0 bridgehead atoms. The molecule has 0 radical (unpaired) electrons. The lowest BCUT2D eigenvalue weighted by Gasteiger charge is -2.12. The minimum absolute atomic E-state index is 0.171. The van der Waals surface area contributed by atoms with Gasteiger partial charge in [0.1, 0.15) is 5.75 Å². The molecule has 0 spiro atoms. The SMILES string of the molecule is COc1ccc([N+](=O)[O-])cc1NC(=O)c1cn(C)c(=O)c2ccccc12. The molecule has 0 fully saturated rings. The van der Waals surface area contributed by atoms with E-state index in [4.69, 9.17) is 4.74 Å². The van der Waals surface area contributed by atoms with E-state index in [9.17, 15) is 19.7 Å². The molecule has 0 aliphatic rings. The van der Waals surface area contributed by atoms with Gasteiger partial charge in [-0.1, -0.05) is 18.2 Å². The molecule has 3 rings (SSSR count). The average molecular weight is 353 g/mol. The zero-order valence-corrected chi connectivity index (χ0v) is 14.1. The van der Waals surface area contributed by atoms with Gasteiger partial charge in [0.25, 0.3) is 17.2 Å². The largest absolute Gasteiger partial charge is 0.495 e. The molecule has 2 aromatic carbocycles.